The van der Waals surface area contributed by atoms with Crippen LogP contribution in [0.3, 0.4) is 0 Å². The third-order valence-electron chi connectivity index (χ3n) is 4.81. The lowest BCUT2D eigenvalue weighted by atomic mass is 9.81. The Labute approximate surface area is 135 Å². The summed E-state index contributed by atoms with van der Waals surface area (Å²) in [6, 6.07) is 10.6. The molecule has 0 heterocycles. The molecule has 4 heteroatoms. The number of nitrogens with one attached hydrogen (secondary N) is 1. The molecular formula is C18H31N3O. The molecule has 0 aliphatic heterocycles. The zero-order chi connectivity index (χ0) is 16.6. The maximum absolute atomic E-state index is 12.4. The molecule has 0 aliphatic rings. The highest BCUT2D eigenvalue weighted by molar-refractivity contribution is 5.82. The predicted octanol–water partition coefficient (Wildman–Crippen LogP) is 2.39. The number of nitrogens with zero attached hydrogens (tertiary/aromatic N) is 1. The number of nitrogens with two attached hydrogens (primary N) is 1. The molecule has 22 heavy (non-hydrogen) atoms. The molecule has 1 aromatic carbocycles. The van der Waals surface area contributed by atoms with Crippen molar-refractivity contribution < 1.29 is 4.79 Å². The summed E-state index contributed by atoms with van der Waals surface area (Å²) < 4.78 is 0. The highest BCUT2D eigenvalue weighted by Gasteiger charge is 2.33. The van der Waals surface area contributed by atoms with Crippen molar-refractivity contribution >= 4 is 5.91 Å². The molecule has 1 amide bonds. The molecule has 1 unspecified atom stereocenters. The van der Waals surface area contributed by atoms with Gasteiger partial charge in [0.25, 0.3) is 0 Å². The van der Waals surface area contributed by atoms with E-state index in [1.54, 1.807) is 0 Å². The summed E-state index contributed by atoms with van der Waals surface area (Å²) in [5.74, 6) is 0.0833. The quantitative estimate of drug-likeness (QED) is 0.736. The molecular weight excluding hydrogens is 274 g/mol. The van der Waals surface area contributed by atoms with Crippen molar-refractivity contribution in [2.45, 2.75) is 46.2 Å². The molecule has 0 saturated heterocycles. The van der Waals surface area contributed by atoms with Crippen LogP contribution in [0.25, 0.3) is 0 Å². The Bertz CT molecular complexity index is 435. The van der Waals surface area contributed by atoms with E-state index in [0.717, 1.165) is 19.4 Å². The minimum atomic E-state index is -0.419. The van der Waals surface area contributed by atoms with Gasteiger partial charge in [-0.1, -0.05) is 44.2 Å². The molecule has 1 atom stereocenters. The molecule has 0 fully saturated rings. The predicted molar refractivity (Wildman–Crippen MR) is 92.5 cm³/mol. The first-order valence-corrected chi connectivity index (χ1v) is 8.21. The Morgan fingerprint density at radius 1 is 1.27 bits per heavy atom. The van der Waals surface area contributed by atoms with E-state index < -0.39 is 5.41 Å². The lowest BCUT2D eigenvalue weighted by molar-refractivity contribution is -0.131. The third-order valence-corrected chi connectivity index (χ3v) is 4.81. The van der Waals surface area contributed by atoms with E-state index in [1.165, 1.54) is 5.56 Å². The number of hydrogen-bond donors (Lipinski definition) is 2. The van der Waals surface area contributed by atoms with Gasteiger partial charge in [-0.05, 0) is 32.4 Å². The van der Waals surface area contributed by atoms with E-state index in [2.05, 4.69) is 36.3 Å². The topological polar surface area (TPSA) is 58.4 Å². The molecule has 0 saturated carbocycles. The van der Waals surface area contributed by atoms with Gasteiger partial charge >= 0.3 is 0 Å². The minimum Gasteiger partial charge on any atom is -0.354 e. The van der Waals surface area contributed by atoms with E-state index in [4.69, 9.17) is 5.73 Å². The van der Waals surface area contributed by atoms with Gasteiger partial charge in [-0.15, -0.1) is 0 Å². The molecule has 3 N–H and O–H groups in total. The molecule has 124 valence electrons. The Kier molecular flexibility index (Phi) is 7.56. The van der Waals surface area contributed by atoms with Gasteiger partial charge in [0, 0.05) is 25.7 Å². The van der Waals surface area contributed by atoms with E-state index in [9.17, 15) is 4.79 Å². The smallest absolute Gasteiger partial charge is 0.227 e. The van der Waals surface area contributed by atoms with Gasteiger partial charge in [0.2, 0.25) is 5.91 Å². The summed E-state index contributed by atoms with van der Waals surface area (Å²) in [6.07, 6.45) is 1.56. The van der Waals surface area contributed by atoms with Crippen molar-refractivity contribution in [1.29, 1.82) is 0 Å². The zero-order valence-electron chi connectivity index (χ0n) is 14.4. The van der Waals surface area contributed by atoms with Crippen LogP contribution in [0.4, 0.5) is 0 Å². The van der Waals surface area contributed by atoms with Crippen LogP contribution in [0.1, 0.15) is 39.2 Å². The van der Waals surface area contributed by atoms with Crippen molar-refractivity contribution in [3.63, 3.8) is 0 Å². The summed E-state index contributed by atoms with van der Waals surface area (Å²) in [6.45, 7) is 8.11. The molecule has 1 aromatic rings. The fourth-order valence-corrected chi connectivity index (χ4v) is 2.56. The molecule has 4 nitrogen and oxygen atoms in total. The van der Waals surface area contributed by atoms with Crippen LogP contribution in [-0.2, 0) is 11.3 Å². The van der Waals surface area contributed by atoms with E-state index in [-0.39, 0.29) is 11.9 Å². The summed E-state index contributed by atoms with van der Waals surface area (Å²) >= 11 is 0. The Hall–Kier alpha value is -1.39. The van der Waals surface area contributed by atoms with Gasteiger partial charge in [-0.25, -0.2) is 0 Å². The SMILES string of the molecule is CCC(CC)(CN)C(=O)NCC(C)N(C)Cc1ccccc1. The van der Waals surface area contributed by atoms with Crippen molar-refractivity contribution in [2.75, 3.05) is 20.1 Å². The van der Waals surface area contributed by atoms with E-state index >= 15 is 0 Å². The maximum atomic E-state index is 12.4. The highest BCUT2D eigenvalue weighted by atomic mass is 16.2. The van der Waals surface area contributed by atoms with Crippen molar-refractivity contribution in [3.8, 4) is 0 Å². The van der Waals surface area contributed by atoms with Crippen LogP contribution >= 0.6 is 0 Å². The van der Waals surface area contributed by atoms with Crippen LogP contribution in [-0.4, -0.2) is 37.0 Å². The molecule has 0 aromatic heterocycles. The first-order chi connectivity index (χ1) is 10.5. The van der Waals surface area contributed by atoms with Gasteiger partial charge in [0.1, 0.15) is 0 Å². The lowest BCUT2D eigenvalue weighted by Crippen LogP contribution is -2.48. The van der Waals surface area contributed by atoms with Gasteiger partial charge in [0.05, 0.1) is 5.41 Å². The molecule has 0 radical (unpaired) electrons. The Morgan fingerprint density at radius 2 is 1.86 bits per heavy atom. The largest absolute Gasteiger partial charge is 0.354 e. The maximum Gasteiger partial charge on any atom is 0.227 e. The average Bonchev–Trinajstić information content (AvgIpc) is 2.55. The highest BCUT2D eigenvalue weighted by Crippen LogP contribution is 2.24. The fourth-order valence-electron chi connectivity index (χ4n) is 2.56. The summed E-state index contributed by atoms with van der Waals surface area (Å²) in [5, 5.41) is 3.08. The number of benzene rings is 1. The Morgan fingerprint density at radius 3 is 2.36 bits per heavy atom. The first kappa shape index (κ1) is 18.7. The number of amides is 1. The zero-order valence-corrected chi connectivity index (χ0v) is 14.4. The molecule has 0 aliphatic carbocycles. The first-order valence-electron chi connectivity index (χ1n) is 8.21. The second kappa shape index (κ2) is 8.91. The van der Waals surface area contributed by atoms with Crippen LogP contribution in [0.5, 0.6) is 0 Å². The minimum absolute atomic E-state index is 0.0833. The van der Waals surface area contributed by atoms with E-state index in [1.807, 2.05) is 32.0 Å². The average molecular weight is 305 g/mol. The van der Waals surface area contributed by atoms with Crippen molar-refractivity contribution in [2.24, 2.45) is 11.1 Å². The number of carbonyl (C=O) groups is 1. The van der Waals surface area contributed by atoms with Gasteiger partial charge in [-0.3, -0.25) is 9.69 Å². The Balaban J connectivity index is 2.51. The van der Waals surface area contributed by atoms with Gasteiger partial charge in [-0.2, -0.15) is 0 Å². The molecule has 0 spiro atoms. The fraction of sp³-hybridized carbons (Fsp3) is 0.611. The molecule has 1 rings (SSSR count). The lowest BCUT2D eigenvalue weighted by Gasteiger charge is -2.31. The van der Waals surface area contributed by atoms with Crippen molar-refractivity contribution in [3.05, 3.63) is 35.9 Å². The second-order valence-corrected chi connectivity index (χ2v) is 6.15. The third kappa shape index (κ3) is 4.82. The summed E-state index contributed by atoms with van der Waals surface area (Å²) in [7, 11) is 2.08. The number of rotatable bonds is 9. The number of carbonyl (C=O) groups excluding carboxylic acids is 1. The van der Waals surface area contributed by atoms with E-state index in [0.29, 0.717) is 13.1 Å². The van der Waals surface area contributed by atoms with Gasteiger partial charge < -0.3 is 11.1 Å². The van der Waals surface area contributed by atoms with Gasteiger partial charge in [0.15, 0.2) is 0 Å². The normalized spacial score (nSPS) is 13.2. The second-order valence-electron chi connectivity index (χ2n) is 6.15. The van der Waals surface area contributed by atoms with Crippen LogP contribution < -0.4 is 11.1 Å². The summed E-state index contributed by atoms with van der Waals surface area (Å²) in [4.78, 5) is 14.7. The van der Waals surface area contributed by atoms with Crippen LogP contribution in [0, 0.1) is 5.41 Å². The standard InChI is InChI=1S/C18H31N3O/c1-5-18(6-2,14-19)17(22)20-12-15(3)21(4)13-16-10-8-7-9-11-16/h7-11,15H,5-6,12-14,19H2,1-4H3,(H,20,22). The van der Waals surface area contributed by atoms with Crippen LogP contribution in [0.15, 0.2) is 30.3 Å². The van der Waals surface area contributed by atoms with Crippen molar-refractivity contribution in [1.82, 2.24) is 10.2 Å². The summed E-state index contributed by atoms with van der Waals surface area (Å²) in [5.41, 5.74) is 6.69. The number of likely N-dealkylation sites (N-methyl/N-ethyl adjacent to an activating group) is 1. The monoisotopic (exact) mass is 305 g/mol. The molecule has 0 bridgehead atoms. The van der Waals surface area contributed by atoms with Crippen LogP contribution in [0.2, 0.25) is 0 Å². The number of hydrogen-bond acceptors (Lipinski definition) is 3.